The second-order valence-corrected chi connectivity index (χ2v) is 6.17. The molecule has 4 aromatic rings. The third-order valence-corrected chi connectivity index (χ3v) is 4.31. The molecular weight excluding hydrogens is 338 g/mol. The highest BCUT2D eigenvalue weighted by Crippen LogP contribution is 2.31. The lowest BCUT2D eigenvalue weighted by molar-refractivity contribution is 0.141. The topological polar surface area (TPSA) is 51.5 Å². The molecule has 1 aromatic heterocycles. The Labute approximate surface area is 157 Å². The summed E-state index contributed by atoms with van der Waals surface area (Å²) in [7, 11) is 0. The molecule has 0 radical (unpaired) electrons. The standard InChI is InChI=1S/C23H19NO3/c25-23(26-16-17-8-2-1-3-9-17)24-15-7-11-18-10-6-13-20-19-12-4-5-14-21(19)27-22(18)20/h1-14H,15-16H2,(H,24,25). The lowest BCUT2D eigenvalue weighted by Crippen LogP contribution is -2.24. The number of rotatable bonds is 5. The minimum absolute atomic E-state index is 0.259. The van der Waals surface area contributed by atoms with Crippen LogP contribution in [0.2, 0.25) is 0 Å². The first-order chi connectivity index (χ1) is 13.3. The average Bonchev–Trinajstić information content (AvgIpc) is 3.10. The van der Waals surface area contributed by atoms with E-state index < -0.39 is 6.09 Å². The first-order valence-corrected chi connectivity index (χ1v) is 8.82. The predicted molar refractivity (Wildman–Crippen MR) is 107 cm³/mol. The fourth-order valence-electron chi connectivity index (χ4n) is 3.00. The van der Waals surface area contributed by atoms with Crippen molar-refractivity contribution in [3.8, 4) is 0 Å². The predicted octanol–water partition coefficient (Wildman–Crippen LogP) is 5.53. The molecular formula is C23H19NO3. The van der Waals surface area contributed by atoms with E-state index in [1.165, 1.54) is 0 Å². The molecule has 0 aliphatic carbocycles. The number of nitrogens with one attached hydrogen (secondary N) is 1. The molecule has 1 N–H and O–H groups in total. The van der Waals surface area contributed by atoms with E-state index in [4.69, 9.17) is 9.15 Å². The maximum Gasteiger partial charge on any atom is 0.407 e. The number of carbonyl (C=O) groups excluding carboxylic acids is 1. The van der Waals surface area contributed by atoms with Gasteiger partial charge in [0, 0.05) is 22.9 Å². The highest BCUT2D eigenvalue weighted by atomic mass is 16.5. The Morgan fingerprint density at radius 2 is 1.70 bits per heavy atom. The Morgan fingerprint density at radius 1 is 0.926 bits per heavy atom. The molecule has 0 fully saturated rings. The van der Waals surface area contributed by atoms with Gasteiger partial charge in [0.05, 0.1) is 0 Å². The van der Waals surface area contributed by atoms with Crippen molar-refractivity contribution in [2.24, 2.45) is 0 Å². The van der Waals surface area contributed by atoms with Crippen molar-refractivity contribution < 1.29 is 13.9 Å². The Bertz CT molecular complexity index is 1100. The molecule has 4 nitrogen and oxygen atoms in total. The van der Waals surface area contributed by atoms with Crippen LogP contribution in [0.1, 0.15) is 11.1 Å². The van der Waals surface area contributed by atoms with Gasteiger partial charge in [-0.05, 0) is 11.6 Å². The van der Waals surface area contributed by atoms with Gasteiger partial charge < -0.3 is 14.5 Å². The normalized spacial score (nSPS) is 11.3. The van der Waals surface area contributed by atoms with Crippen LogP contribution >= 0.6 is 0 Å². The van der Waals surface area contributed by atoms with Gasteiger partial charge in [-0.3, -0.25) is 0 Å². The summed E-state index contributed by atoms with van der Waals surface area (Å²) < 4.78 is 11.2. The minimum atomic E-state index is -0.439. The molecule has 0 spiro atoms. The molecule has 0 bridgehead atoms. The Hall–Kier alpha value is -3.53. The van der Waals surface area contributed by atoms with E-state index in [2.05, 4.69) is 17.4 Å². The maximum atomic E-state index is 11.8. The number of hydrogen-bond acceptors (Lipinski definition) is 3. The molecule has 0 aliphatic rings. The number of alkyl carbamates (subject to hydrolysis) is 1. The van der Waals surface area contributed by atoms with E-state index in [9.17, 15) is 4.79 Å². The van der Waals surface area contributed by atoms with E-state index in [1.54, 1.807) is 0 Å². The average molecular weight is 357 g/mol. The molecule has 0 saturated carbocycles. The minimum Gasteiger partial charge on any atom is -0.455 e. The van der Waals surface area contributed by atoms with Crippen LogP contribution in [0.4, 0.5) is 4.79 Å². The van der Waals surface area contributed by atoms with E-state index >= 15 is 0 Å². The van der Waals surface area contributed by atoms with Gasteiger partial charge in [-0.15, -0.1) is 0 Å². The van der Waals surface area contributed by atoms with Gasteiger partial charge in [0.1, 0.15) is 17.8 Å². The van der Waals surface area contributed by atoms with Crippen molar-refractivity contribution in [1.29, 1.82) is 0 Å². The number of ether oxygens (including phenoxy) is 1. The summed E-state index contributed by atoms with van der Waals surface area (Å²) in [5.74, 6) is 0. The summed E-state index contributed by atoms with van der Waals surface area (Å²) in [6, 6.07) is 23.6. The largest absolute Gasteiger partial charge is 0.455 e. The highest BCUT2D eigenvalue weighted by Gasteiger charge is 2.08. The van der Waals surface area contributed by atoms with E-state index in [0.29, 0.717) is 6.54 Å². The number of hydrogen-bond donors (Lipinski definition) is 1. The third kappa shape index (κ3) is 3.85. The number of fused-ring (bicyclic) bond motifs is 3. The second kappa shape index (κ2) is 7.79. The van der Waals surface area contributed by atoms with Gasteiger partial charge in [-0.1, -0.05) is 78.9 Å². The van der Waals surface area contributed by atoms with Crippen LogP contribution in [0, 0.1) is 0 Å². The quantitative estimate of drug-likeness (QED) is 0.511. The SMILES string of the molecule is O=C(NCC=Cc1cccc2c1oc1ccccc12)OCc1ccccc1. The zero-order valence-electron chi connectivity index (χ0n) is 14.7. The molecule has 3 aromatic carbocycles. The van der Waals surface area contributed by atoms with Crippen LogP contribution in [0.5, 0.6) is 0 Å². The molecule has 0 atom stereocenters. The summed E-state index contributed by atoms with van der Waals surface area (Å²) in [4.78, 5) is 11.8. The summed E-state index contributed by atoms with van der Waals surface area (Å²) in [6.45, 7) is 0.638. The van der Waals surface area contributed by atoms with Crippen molar-refractivity contribution >= 4 is 34.1 Å². The van der Waals surface area contributed by atoms with E-state index in [0.717, 1.165) is 33.1 Å². The number of para-hydroxylation sites is 2. The zero-order valence-corrected chi connectivity index (χ0v) is 14.7. The maximum absolute atomic E-state index is 11.8. The Kier molecular flexibility index (Phi) is 4.88. The molecule has 4 heteroatoms. The van der Waals surface area contributed by atoms with Crippen LogP contribution < -0.4 is 5.32 Å². The molecule has 0 unspecified atom stereocenters. The summed E-state index contributed by atoms with van der Waals surface area (Å²) in [5.41, 5.74) is 3.65. The second-order valence-electron chi connectivity index (χ2n) is 6.17. The van der Waals surface area contributed by atoms with Crippen LogP contribution in [0.3, 0.4) is 0 Å². The number of carbonyl (C=O) groups is 1. The van der Waals surface area contributed by atoms with Crippen LogP contribution in [-0.4, -0.2) is 12.6 Å². The number of furan rings is 1. The summed E-state index contributed by atoms with van der Waals surface area (Å²) in [6.07, 6.45) is 3.39. The Morgan fingerprint density at radius 3 is 2.59 bits per heavy atom. The molecule has 0 aliphatic heterocycles. The van der Waals surface area contributed by atoms with Crippen molar-refractivity contribution in [2.75, 3.05) is 6.54 Å². The molecule has 1 heterocycles. The highest BCUT2D eigenvalue weighted by molar-refractivity contribution is 6.07. The lowest BCUT2D eigenvalue weighted by Gasteiger charge is -2.05. The molecule has 4 rings (SSSR count). The molecule has 1 amide bonds. The van der Waals surface area contributed by atoms with Gasteiger partial charge in [0.25, 0.3) is 0 Å². The van der Waals surface area contributed by atoms with E-state index in [1.807, 2.05) is 72.8 Å². The number of amides is 1. The van der Waals surface area contributed by atoms with Gasteiger partial charge >= 0.3 is 6.09 Å². The fraction of sp³-hybridized carbons (Fsp3) is 0.0870. The summed E-state index contributed by atoms with van der Waals surface area (Å²) >= 11 is 0. The van der Waals surface area contributed by atoms with Crippen LogP contribution in [-0.2, 0) is 11.3 Å². The smallest absolute Gasteiger partial charge is 0.407 e. The summed E-state index contributed by atoms with van der Waals surface area (Å²) in [5, 5.41) is 4.91. The van der Waals surface area contributed by atoms with Crippen LogP contribution in [0.15, 0.2) is 83.3 Å². The molecule has 134 valence electrons. The van der Waals surface area contributed by atoms with Crippen molar-refractivity contribution in [3.05, 3.63) is 90.0 Å². The van der Waals surface area contributed by atoms with Crippen molar-refractivity contribution in [3.63, 3.8) is 0 Å². The van der Waals surface area contributed by atoms with Crippen LogP contribution in [0.25, 0.3) is 28.0 Å². The van der Waals surface area contributed by atoms with Gasteiger partial charge in [0.2, 0.25) is 0 Å². The number of benzene rings is 3. The van der Waals surface area contributed by atoms with Gasteiger partial charge in [-0.25, -0.2) is 4.79 Å². The monoisotopic (exact) mass is 357 g/mol. The molecule has 27 heavy (non-hydrogen) atoms. The van der Waals surface area contributed by atoms with Crippen molar-refractivity contribution in [2.45, 2.75) is 6.61 Å². The zero-order chi connectivity index (χ0) is 18.5. The fourth-order valence-corrected chi connectivity index (χ4v) is 3.00. The third-order valence-electron chi connectivity index (χ3n) is 4.31. The first-order valence-electron chi connectivity index (χ1n) is 8.82. The Balaban J connectivity index is 1.38. The van der Waals surface area contributed by atoms with Crippen molar-refractivity contribution in [1.82, 2.24) is 5.32 Å². The lowest BCUT2D eigenvalue weighted by atomic mass is 10.1. The van der Waals surface area contributed by atoms with Gasteiger partial charge in [-0.2, -0.15) is 0 Å². The first kappa shape index (κ1) is 16.9. The molecule has 0 saturated heterocycles. The van der Waals surface area contributed by atoms with E-state index in [-0.39, 0.29) is 6.61 Å². The van der Waals surface area contributed by atoms with Gasteiger partial charge in [0.15, 0.2) is 0 Å².